The molecule has 27 heavy (non-hydrogen) atoms. The van der Waals surface area contributed by atoms with Crippen molar-refractivity contribution < 1.29 is 19.5 Å². The second-order valence-corrected chi connectivity index (χ2v) is 7.53. The number of para-hydroxylation sites is 1. The molecule has 1 saturated heterocycles. The Morgan fingerprint density at radius 2 is 2.00 bits per heavy atom. The average molecular weight is 374 g/mol. The number of urea groups is 1. The highest BCUT2D eigenvalue weighted by molar-refractivity contribution is 5.88. The molecule has 0 aliphatic carbocycles. The summed E-state index contributed by atoms with van der Waals surface area (Å²) in [6, 6.07) is 9.33. The summed E-state index contributed by atoms with van der Waals surface area (Å²) >= 11 is 0. The highest BCUT2D eigenvalue weighted by atomic mass is 16.6. The highest BCUT2D eigenvalue weighted by Gasteiger charge is 2.35. The minimum atomic E-state index is -0.654. The Labute approximate surface area is 159 Å². The second kappa shape index (κ2) is 8.84. The number of nitrogens with one attached hydrogen (secondary N) is 1. The number of anilines is 1. The fourth-order valence-corrected chi connectivity index (χ4v) is 2.95. The van der Waals surface area contributed by atoms with Crippen LogP contribution in [0.3, 0.4) is 0 Å². The SMILES string of the molecule is CC(C)(C)OC(=O)CN1C[C@H](N(O)C(=O)Nc2ccccc2)CC[C@H]1C#N. The predicted molar refractivity (Wildman–Crippen MR) is 98.9 cm³/mol. The van der Waals surface area contributed by atoms with Crippen LogP contribution >= 0.6 is 0 Å². The van der Waals surface area contributed by atoms with Crippen molar-refractivity contribution in [1.29, 1.82) is 5.26 Å². The van der Waals surface area contributed by atoms with Gasteiger partial charge in [0.1, 0.15) is 5.60 Å². The van der Waals surface area contributed by atoms with Gasteiger partial charge >= 0.3 is 12.0 Å². The number of amides is 2. The lowest BCUT2D eigenvalue weighted by Crippen LogP contribution is -2.54. The largest absolute Gasteiger partial charge is 0.459 e. The number of likely N-dealkylation sites (tertiary alicyclic amines) is 1. The predicted octanol–water partition coefficient (Wildman–Crippen LogP) is 2.61. The molecule has 1 aliphatic heterocycles. The Kier molecular flexibility index (Phi) is 6.77. The van der Waals surface area contributed by atoms with Crippen molar-refractivity contribution in [3.63, 3.8) is 0 Å². The van der Waals surface area contributed by atoms with E-state index in [-0.39, 0.29) is 13.1 Å². The lowest BCUT2D eigenvalue weighted by atomic mass is 9.99. The van der Waals surface area contributed by atoms with E-state index in [0.29, 0.717) is 23.6 Å². The van der Waals surface area contributed by atoms with Gasteiger partial charge < -0.3 is 10.1 Å². The molecule has 1 aromatic carbocycles. The van der Waals surface area contributed by atoms with Crippen molar-refractivity contribution in [1.82, 2.24) is 9.96 Å². The zero-order chi connectivity index (χ0) is 20.0. The summed E-state index contributed by atoms with van der Waals surface area (Å²) < 4.78 is 5.31. The number of ether oxygens (including phenoxy) is 1. The summed E-state index contributed by atoms with van der Waals surface area (Å²) in [6.07, 6.45) is 0.904. The average Bonchev–Trinajstić information content (AvgIpc) is 2.60. The minimum absolute atomic E-state index is 0.0693. The van der Waals surface area contributed by atoms with Crippen LogP contribution in [0.2, 0.25) is 0 Å². The smallest absolute Gasteiger partial charge is 0.345 e. The lowest BCUT2D eigenvalue weighted by molar-refractivity contribution is -0.158. The number of esters is 1. The molecular weight excluding hydrogens is 348 g/mol. The Balaban J connectivity index is 1.98. The first-order chi connectivity index (χ1) is 12.7. The van der Waals surface area contributed by atoms with E-state index in [2.05, 4.69) is 11.4 Å². The number of benzene rings is 1. The monoisotopic (exact) mass is 374 g/mol. The molecule has 0 spiro atoms. The molecule has 2 rings (SSSR count). The van der Waals surface area contributed by atoms with E-state index in [1.807, 2.05) is 6.07 Å². The van der Waals surface area contributed by atoms with Gasteiger partial charge in [0, 0.05) is 12.2 Å². The summed E-state index contributed by atoms with van der Waals surface area (Å²) in [5.41, 5.74) is -0.0506. The first kappa shape index (κ1) is 20.7. The van der Waals surface area contributed by atoms with E-state index in [0.717, 1.165) is 0 Å². The van der Waals surface area contributed by atoms with Crippen molar-refractivity contribution in [2.24, 2.45) is 0 Å². The number of hydrogen-bond acceptors (Lipinski definition) is 6. The Morgan fingerprint density at radius 1 is 1.33 bits per heavy atom. The topological polar surface area (TPSA) is 106 Å². The number of nitriles is 1. The van der Waals surface area contributed by atoms with Crippen molar-refractivity contribution in [2.45, 2.75) is 51.3 Å². The van der Waals surface area contributed by atoms with Gasteiger partial charge in [-0.15, -0.1) is 0 Å². The molecule has 0 saturated carbocycles. The Bertz CT molecular complexity index is 696. The number of rotatable bonds is 4. The third-order valence-corrected chi connectivity index (χ3v) is 4.14. The van der Waals surface area contributed by atoms with Crippen LogP contribution in [-0.2, 0) is 9.53 Å². The molecule has 1 aliphatic rings. The zero-order valence-corrected chi connectivity index (χ0v) is 15.9. The van der Waals surface area contributed by atoms with E-state index in [1.54, 1.807) is 49.9 Å². The lowest BCUT2D eigenvalue weighted by Gasteiger charge is -2.38. The Morgan fingerprint density at radius 3 is 2.59 bits per heavy atom. The number of piperidine rings is 1. The second-order valence-electron chi connectivity index (χ2n) is 7.53. The maximum atomic E-state index is 12.3. The van der Waals surface area contributed by atoms with Crippen LogP contribution in [0.4, 0.5) is 10.5 Å². The fraction of sp³-hybridized carbons (Fsp3) is 0.526. The normalized spacial score (nSPS) is 20.4. The van der Waals surface area contributed by atoms with Crippen molar-refractivity contribution in [2.75, 3.05) is 18.4 Å². The molecule has 2 atom stereocenters. The quantitative estimate of drug-likeness (QED) is 0.477. The standard InChI is InChI=1S/C19H26N4O4/c1-19(2,3)27-17(24)13-22-12-16(10-9-15(22)11-20)23(26)18(25)21-14-7-5-4-6-8-14/h4-8,15-16,26H,9-10,12-13H2,1-3H3,(H,21,25)/t15-,16+/m0/s1. The van der Waals surface area contributed by atoms with E-state index >= 15 is 0 Å². The van der Waals surface area contributed by atoms with Gasteiger partial charge in [-0.3, -0.25) is 14.9 Å². The van der Waals surface area contributed by atoms with Gasteiger partial charge in [-0.1, -0.05) is 18.2 Å². The number of nitrogens with zero attached hydrogens (tertiary/aromatic N) is 3. The molecule has 1 heterocycles. The molecule has 1 aromatic rings. The summed E-state index contributed by atoms with van der Waals surface area (Å²) in [6.45, 7) is 5.45. The summed E-state index contributed by atoms with van der Waals surface area (Å²) in [7, 11) is 0. The van der Waals surface area contributed by atoms with Crippen LogP contribution in [-0.4, -0.2) is 57.9 Å². The van der Waals surface area contributed by atoms with Crippen molar-refractivity contribution in [3.8, 4) is 6.07 Å². The number of carbonyl (C=O) groups is 2. The van der Waals surface area contributed by atoms with Crippen molar-refractivity contribution >= 4 is 17.7 Å². The molecule has 8 nitrogen and oxygen atoms in total. The van der Waals surface area contributed by atoms with Gasteiger partial charge in [0.2, 0.25) is 0 Å². The molecule has 2 N–H and O–H groups in total. The number of carbonyl (C=O) groups excluding carboxylic acids is 2. The van der Waals surface area contributed by atoms with Gasteiger partial charge in [-0.25, -0.2) is 9.86 Å². The van der Waals surface area contributed by atoms with E-state index < -0.39 is 29.7 Å². The van der Waals surface area contributed by atoms with Crippen LogP contribution in [0.15, 0.2) is 30.3 Å². The van der Waals surface area contributed by atoms with E-state index in [9.17, 15) is 20.1 Å². The third-order valence-electron chi connectivity index (χ3n) is 4.14. The van der Waals surface area contributed by atoms with Crippen LogP contribution in [0.25, 0.3) is 0 Å². The first-order valence-electron chi connectivity index (χ1n) is 8.89. The molecule has 0 radical (unpaired) electrons. The number of hydroxylamine groups is 2. The van der Waals surface area contributed by atoms with Crippen molar-refractivity contribution in [3.05, 3.63) is 30.3 Å². The minimum Gasteiger partial charge on any atom is -0.459 e. The Hall–Kier alpha value is -2.63. The summed E-state index contributed by atoms with van der Waals surface area (Å²) in [5.74, 6) is -0.443. The van der Waals surface area contributed by atoms with Gasteiger partial charge in [0.15, 0.2) is 0 Å². The molecule has 8 heteroatoms. The molecule has 2 amide bonds. The fourth-order valence-electron chi connectivity index (χ4n) is 2.95. The molecule has 0 aromatic heterocycles. The van der Waals surface area contributed by atoms with Crippen LogP contribution in [0.1, 0.15) is 33.6 Å². The molecule has 146 valence electrons. The maximum absolute atomic E-state index is 12.3. The van der Waals surface area contributed by atoms with Crippen LogP contribution in [0, 0.1) is 11.3 Å². The van der Waals surface area contributed by atoms with E-state index in [1.165, 1.54) is 0 Å². The summed E-state index contributed by atoms with van der Waals surface area (Å²) in [4.78, 5) is 26.0. The molecular formula is C19H26N4O4. The van der Waals surface area contributed by atoms with Gasteiger partial charge in [0.05, 0.1) is 24.7 Å². The first-order valence-corrected chi connectivity index (χ1v) is 8.89. The zero-order valence-electron chi connectivity index (χ0n) is 15.9. The van der Waals surface area contributed by atoms with E-state index in [4.69, 9.17) is 4.74 Å². The van der Waals surface area contributed by atoms with Crippen LogP contribution < -0.4 is 5.32 Å². The van der Waals surface area contributed by atoms with Gasteiger partial charge in [-0.2, -0.15) is 5.26 Å². The molecule has 0 unspecified atom stereocenters. The summed E-state index contributed by atoms with van der Waals surface area (Å²) in [5, 5.41) is 22.9. The maximum Gasteiger partial charge on any atom is 0.345 e. The van der Waals surface area contributed by atoms with Crippen LogP contribution in [0.5, 0.6) is 0 Å². The van der Waals surface area contributed by atoms with Gasteiger partial charge in [0.25, 0.3) is 0 Å². The van der Waals surface area contributed by atoms with Gasteiger partial charge in [-0.05, 0) is 45.7 Å². The molecule has 1 fully saturated rings. The third kappa shape index (κ3) is 6.24. The molecule has 0 bridgehead atoms. The highest BCUT2D eigenvalue weighted by Crippen LogP contribution is 2.21. The number of hydrogen-bond donors (Lipinski definition) is 2.